The van der Waals surface area contributed by atoms with E-state index in [1.54, 1.807) is 0 Å². The maximum Gasteiger partial charge on any atom is 0.337 e. The minimum atomic E-state index is -0.411. The summed E-state index contributed by atoms with van der Waals surface area (Å²) >= 11 is 5.93. The maximum atomic E-state index is 11.0. The van der Waals surface area contributed by atoms with Crippen molar-refractivity contribution in [1.82, 2.24) is 0 Å². The van der Waals surface area contributed by atoms with Gasteiger partial charge in [-0.3, -0.25) is 0 Å². The van der Waals surface area contributed by atoms with Crippen LogP contribution >= 0.6 is 11.6 Å². The van der Waals surface area contributed by atoms with Gasteiger partial charge in [-0.25, -0.2) is 4.79 Å². The summed E-state index contributed by atoms with van der Waals surface area (Å²) in [7, 11) is 0. The highest BCUT2D eigenvalue weighted by Gasteiger charge is 2.05. The largest absolute Gasteiger partial charge is 0.423 e. The first-order valence-corrected chi connectivity index (χ1v) is 4.66. The van der Waals surface area contributed by atoms with Gasteiger partial charge in [-0.15, -0.1) is 0 Å². The minimum Gasteiger partial charge on any atom is -0.423 e. The zero-order chi connectivity index (χ0) is 10.3. The van der Waals surface area contributed by atoms with E-state index in [-0.39, 0.29) is 0 Å². The van der Waals surface area contributed by atoms with Crippen LogP contribution in [0.15, 0.2) is 27.4 Å². The third-order valence-corrected chi connectivity index (χ3v) is 2.62. The second-order valence-corrected chi connectivity index (χ2v) is 3.75. The summed E-state index contributed by atoms with van der Waals surface area (Å²) in [6, 6.07) is 5.05. The fourth-order valence-corrected chi connectivity index (χ4v) is 1.62. The van der Waals surface area contributed by atoms with Crippen LogP contribution < -0.4 is 5.63 Å². The van der Waals surface area contributed by atoms with Crippen LogP contribution in [-0.4, -0.2) is 0 Å². The lowest BCUT2D eigenvalue weighted by Crippen LogP contribution is -1.96. The number of hydrogen-bond acceptors (Lipinski definition) is 2. The first-order chi connectivity index (χ1) is 6.58. The molecule has 2 rings (SSSR count). The molecule has 0 radical (unpaired) electrons. The molecule has 0 saturated carbocycles. The highest BCUT2D eigenvalue weighted by Crippen LogP contribution is 2.24. The van der Waals surface area contributed by atoms with Gasteiger partial charge in [0.25, 0.3) is 0 Å². The molecule has 72 valence electrons. The lowest BCUT2D eigenvalue weighted by Gasteiger charge is -2.03. The Morgan fingerprint density at radius 1 is 1.14 bits per heavy atom. The molecule has 2 aromatic rings. The second-order valence-electron chi connectivity index (χ2n) is 3.35. The fraction of sp³-hybridized carbons (Fsp3) is 0.182. The molecule has 0 atom stereocenters. The molecule has 0 unspecified atom stereocenters. The van der Waals surface area contributed by atoms with Crippen LogP contribution in [0.3, 0.4) is 0 Å². The van der Waals surface area contributed by atoms with Gasteiger partial charge in [0.15, 0.2) is 0 Å². The van der Waals surface area contributed by atoms with Crippen LogP contribution in [0.2, 0.25) is 5.02 Å². The quantitative estimate of drug-likeness (QED) is 0.623. The van der Waals surface area contributed by atoms with Gasteiger partial charge in [0.1, 0.15) is 5.58 Å². The summed E-state index contributed by atoms with van der Waals surface area (Å²) in [6.45, 7) is 3.96. The van der Waals surface area contributed by atoms with Crippen molar-refractivity contribution in [2.45, 2.75) is 13.8 Å². The molecule has 0 fully saturated rings. The fourth-order valence-electron chi connectivity index (χ4n) is 1.38. The van der Waals surface area contributed by atoms with Crippen LogP contribution in [0.1, 0.15) is 11.1 Å². The predicted octanol–water partition coefficient (Wildman–Crippen LogP) is 3.06. The third kappa shape index (κ3) is 1.42. The molecule has 0 bridgehead atoms. The first-order valence-electron chi connectivity index (χ1n) is 4.28. The van der Waals surface area contributed by atoms with E-state index in [2.05, 4.69) is 0 Å². The van der Waals surface area contributed by atoms with E-state index >= 15 is 0 Å². The Balaban J connectivity index is 2.96. The van der Waals surface area contributed by atoms with Crippen molar-refractivity contribution >= 4 is 22.6 Å². The van der Waals surface area contributed by atoms with E-state index in [0.29, 0.717) is 10.6 Å². The summed E-state index contributed by atoms with van der Waals surface area (Å²) < 4.78 is 5.04. The van der Waals surface area contributed by atoms with Crippen molar-refractivity contribution in [1.29, 1.82) is 0 Å². The zero-order valence-corrected chi connectivity index (χ0v) is 8.68. The van der Waals surface area contributed by atoms with Crippen molar-refractivity contribution in [3.63, 3.8) is 0 Å². The van der Waals surface area contributed by atoms with Gasteiger partial charge < -0.3 is 4.42 Å². The van der Waals surface area contributed by atoms with Crippen molar-refractivity contribution in [3.05, 3.63) is 44.8 Å². The molecule has 2 nitrogen and oxygen atoms in total. The summed E-state index contributed by atoms with van der Waals surface area (Å²) in [6.07, 6.45) is 0. The number of fused-ring (bicyclic) bond motifs is 1. The third-order valence-electron chi connectivity index (χ3n) is 2.31. The molecular weight excluding hydrogens is 200 g/mol. The normalized spacial score (nSPS) is 10.8. The Morgan fingerprint density at radius 3 is 2.50 bits per heavy atom. The average molecular weight is 209 g/mol. The van der Waals surface area contributed by atoms with Gasteiger partial charge in [0, 0.05) is 11.5 Å². The molecule has 0 aliphatic carbocycles. The Hall–Kier alpha value is -1.28. The van der Waals surface area contributed by atoms with Crippen LogP contribution in [-0.2, 0) is 0 Å². The monoisotopic (exact) mass is 208 g/mol. The highest BCUT2D eigenvalue weighted by molar-refractivity contribution is 6.35. The summed E-state index contributed by atoms with van der Waals surface area (Å²) in [5.41, 5.74) is 2.35. The van der Waals surface area contributed by atoms with Gasteiger partial charge in [-0.1, -0.05) is 11.6 Å². The molecule has 1 aromatic carbocycles. The van der Waals surface area contributed by atoms with E-state index < -0.39 is 5.63 Å². The summed E-state index contributed by atoms with van der Waals surface area (Å²) in [5.74, 6) is 0. The molecule has 1 aromatic heterocycles. The standard InChI is InChI=1S/C11H9ClO2/c1-6-3-8-9(12)5-11(13)14-10(8)4-7(6)2/h3-5H,1-2H3. The minimum absolute atomic E-state index is 0.411. The lowest BCUT2D eigenvalue weighted by molar-refractivity contribution is 0.561. The number of benzene rings is 1. The van der Waals surface area contributed by atoms with Gasteiger partial charge in [-0.2, -0.15) is 0 Å². The Kier molecular flexibility index (Phi) is 2.08. The maximum absolute atomic E-state index is 11.0. The second kappa shape index (κ2) is 3.14. The van der Waals surface area contributed by atoms with E-state index in [1.165, 1.54) is 6.07 Å². The summed E-state index contributed by atoms with van der Waals surface area (Å²) in [4.78, 5) is 11.0. The first kappa shape index (κ1) is 9.28. The number of aryl methyl sites for hydroxylation is 2. The molecule has 0 N–H and O–H groups in total. The highest BCUT2D eigenvalue weighted by atomic mass is 35.5. The van der Waals surface area contributed by atoms with E-state index in [0.717, 1.165) is 16.5 Å². The SMILES string of the molecule is Cc1cc2oc(=O)cc(Cl)c2cc1C. The molecule has 1 heterocycles. The van der Waals surface area contributed by atoms with Crippen LogP contribution in [0, 0.1) is 13.8 Å². The molecule has 0 amide bonds. The molecule has 0 saturated heterocycles. The topological polar surface area (TPSA) is 30.2 Å². The number of halogens is 1. The van der Waals surface area contributed by atoms with Crippen molar-refractivity contribution in [2.75, 3.05) is 0 Å². The molecular formula is C11H9ClO2. The van der Waals surface area contributed by atoms with Gasteiger partial charge in [-0.05, 0) is 37.1 Å². The Labute approximate surface area is 86.1 Å². The van der Waals surface area contributed by atoms with Crippen LogP contribution in [0.25, 0.3) is 11.0 Å². The predicted molar refractivity (Wildman–Crippen MR) is 57.0 cm³/mol. The molecule has 14 heavy (non-hydrogen) atoms. The average Bonchev–Trinajstić information content (AvgIpc) is 2.08. The van der Waals surface area contributed by atoms with Crippen LogP contribution in [0.4, 0.5) is 0 Å². The molecule has 0 spiro atoms. The summed E-state index contributed by atoms with van der Waals surface area (Å²) in [5, 5.41) is 1.23. The van der Waals surface area contributed by atoms with E-state index in [1.807, 2.05) is 26.0 Å². The van der Waals surface area contributed by atoms with Gasteiger partial charge in [0.05, 0.1) is 5.02 Å². The molecule has 0 aliphatic rings. The number of hydrogen-bond donors (Lipinski definition) is 0. The zero-order valence-electron chi connectivity index (χ0n) is 7.93. The Bertz CT molecular complexity index is 555. The Morgan fingerprint density at radius 2 is 1.79 bits per heavy atom. The lowest BCUT2D eigenvalue weighted by atomic mass is 10.1. The smallest absolute Gasteiger partial charge is 0.337 e. The molecule has 0 aliphatic heterocycles. The van der Waals surface area contributed by atoms with Crippen LogP contribution in [0.5, 0.6) is 0 Å². The van der Waals surface area contributed by atoms with Gasteiger partial charge in [0.2, 0.25) is 0 Å². The van der Waals surface area contributed by atoms with E-state index in [4.69, 9.17) is 16.0 Å². The van der Waals surface area contributed by atoms with Crippen molar-refractivity contribution in [2.24, 2.45) is 0 Å². The van der Waals surface area contributed by atoms with Crippen molar-refractivity contribution < 1.29 is 4.42 Å². The van der Waals surface area contributed by atoms with Crippen molar-refractivity contribution in [3.8, 4) is 0 Å². The number of rotatable bonds is 0. The van der Waals surface area contributed by atoms with E-state index in [9.17, 15) is 4.79 Å². The molecule has 3 heteroatoms. The van der Waals surface area contributed by atoms with Gasteiger partial charge >= 0.3 is 5.63 Å².